The molecule has 0 bridgehead atoms. The van der Waals surface area contributed by atoms with Gasteiger partial charge in [0, 0.05) is 11.0 Å². The second-order valence-corrected chi connectivity index (χ2v) is 4.72. The molecule has 0 atom stereocenters. The maximum Gasteiger partial charge on any atom is 0.236 e. The van der Waals surface area contributed by atoms with Gasteiger partial charge in [-0.3, -0.25) is 4.79 Å². The SMILES string of the molecule is CCN(CCOc1ccc(Br)cc1)C(=O)CNC. The number of nitrogens with zero attached hydrogens (tertiary/aromatic N) is 1. The van der Waals surface area contributed by atoms with E-state index >= 15 is 0 Å². The predicted octanol–water partition coefficient (Wildman–Crippen LogP) is 1.90. The lowest BCUT2D eigenvalue weighted by Gasteiger charge is -2.20. The first-order chi connectivity index (χ1) is 8.67. The van der Waals surface area contributed by atoms with Gasteiger partial charge >= 0.3 is 0 Å². The summed E-state index contributed by atoms with van der Waals surface area (Å²) >= 11 is 3.37. The molecule has 1 rings (SSSR count). The van der Waals surface area contributed by atoms with Crippen LogP contribution in [0.25, 0.3) is 0 Å². The van der Waals surface area contributed by atoms with E-state index in [0.717, 1.165) is 10.2 Å². The Balaban J connectivity index is 2.35. The third-order valence-electron chi connectivity index (χ3n) is 2.51. The Labute approximate surface area is 116 Å². The Hall–Kier alpha value is -1.07. The molecule has 0 saturated carbocycles. The molecule has 1 N–H and O–H groups in total. The fourth-order valence-corrected chi connectivity index (χ4v) is 1.79. The Kier molecular flexibility index (Phi) is 6.75. The van der Waals surface area contributed by atoms with Crippen molar-refractivity contribution < 1.29 is 9.53 Å². The van der Waals surface area contributed by atoms with E-state index in [1.54, 1.807) is 11.9 Å². The lowest BCUT2D eigenvalue weighted by Crippen LogP contribution is -2.39. The molecule has 0 radical (unpaired) electrons. The zero-order chi connectivity index (χ0) is 13.4. The number of amides is 1. The maximum absolute atomic E-state index is 11.7. The number of hydrogen-bond acceptors (Lipinski definition) is 3. The molecule has 4 nitrogen and oxygen atoms in total. The summed E-state index contributed by atoms with van der Waals surface area (Å²) in [6, 6.07) is 7.66. The molecular formula is C13H19BrN2O2. The van der Waals surface area contributed by atoms with Crippen molar-refractivity contribution in [1.29, 1.82) is 0 Å². The fraction of sp³-hybridized carbons (Fsp3) is 0.462. The van der Waals surface area contributed by atoms with Gasteiger partial charge < -0.3 is 15.0 Å². The zero-order valence-electron chi connectivity index (χ0n) is 10.8. The molecule has 0 saturated heterocycles. The summed E-state index contributed by atoms with van der Waals surface area (Å²) in [5.41, 5.74) is 0. The van der Waals surface area contributed by atoms with E-state index in [1.807, 2.05) is 31.2 Å². The van der Waals surface area contributed by atoms with Crippen molar-refractivity contribution in [2.24, 2.45) is 0 Å². The van der Waals surface area contributed by atoms with E-state index < -0.39 is 0 Å². The van der Waals surface area contributed by atoms with Gasteiger partial charge in [0.05, 0.1) is 13.1 Å². The van der Waals surface area contributed by atoms with Crippen LogP contribution in [0.3, 0.4) is 0 Å². The summed E-state index contributed by atoms with van der Waals surface area (Å²) in [7, 11) is 1.77. The molecule has 18 heavy (non-hydrogen) atoms. The number of rotatable bonds is 7. The smallest absolute Gasteiger partial charge is 0.236 e. The standard InChI is InChI=1S/C13H19BrN2O2/c1-3-16(13(17)10-15-2)8-9-18-12-6-4-11(14)5-7-12/h4-7,15H,3,8-10H2,1-2H3. The first-order valence-corrected chi connectivity index (χ1v) is 6.77. The predicted molar refractivity (Wildman–Crippen MR) is 75.8 cm³/mol. The molecular weight excluding hydrogens is 296 g/mol. The number of nitrogens with one attached hydrogen (secondary N) is 1. The van der Waals surface area contributed by atoms with Crippen LogP contribution < -0.4 is 10.1 Å². The largest absolute Gasteiger partial charge is 0.492 e. The lowest BCUT2D eigenvalue weighted by molar-refractivity contribution is -0.130. The number of likely N-dealkylation sites (N-methyl/N-ethyl adjacent to an activating group) is 2. The molecule has 0 aliphatic carbocycles. The molecule has 0 spiro atoms. The van der Waals surface area contributed by atoms with Gasteiger partial charge in [0.2, 0.25) is 5.91 Å². The van der Waals surface area contributed by atoms with E-state index in [4.69, 9.17) is 4.74 Å². The quantitative estimate of drug-likeness (QED) is 0.835. The number of halogens is 1. The number of benzene rings is 1. The second-order valence-electron chi connectivity index (χ2n) is 3.81. The van der Waals surface area contributed by atoms with Crippen LogP contribution in [0, 0.1) is 0 Å². The Bertz CT molecular complexity index is 368. The van der Waals surface area contributed by atoms with E-state index in [9.17, 15) is 4.79 Å². The van der Waals surface area contributed by atoms with E-state index in [0.29, 0.717) is 26.2 Å². The van der Waals surface area contributed by atoms with Crippen molar-refractivity contribution in [2.75, 3.05) is 33.3 Å². The first kappa shape index (κ1) is 15.0. The lowest BCUT2D eigenvalue weighted by atomic mass is 10.3. The third kappa shape index (κ3) is 5.06. The molecule has 1 aromatic rings. The van der Waals surface area contributed by atoms with Crippen LogP contribution in [0.2, 0.25) is 0 Å². The van der Waals surface area contributed by atoms with Crippen molar-refractivity contribution in [3.63, 3.8) is 0 Å². The van der Waals surface area contributed by atoms with E-state index in [1.165, 1.54) is 0 Å². The van der Waals surface area contributed by atoms with Gasteiger partial charge in [-0.25, -0.2) is 0 Å². The van der Waals surface area contributed by atoms with Crippen LogP contribution in [0.15, 0.2) is 28.7 Å². The maximum atomic E-state index is 11.7. The molecule has 0 fully saturated rings. The van der Waals surface area contributed by atoms with Gasteiger partial charge in [-0.2, -0.15) is 0 Å². The van der Waals surface area contributed by atoms with Gasteiger partial charge in [-0.05, 0) is 38.2 Å². The Morgan fingerprint density at radius 3 is 2.61 bits per heavy atom. The van der Waals surface area contributed by atoms with Crippen LogP contribution in [-0.4, -0.2) is 44.1 Å². The zero-order valence-corrected chi connectivity index (χ0v) is 12.4. The molecule has 0 aliphatic heterocycles. The molecule has 0 aromatic heterocycles. The Morgan fingerprint density at radius 1 is 1.39 bits per heavy atom. The summed E-state index contributed by atoms with van der Waals surface area (Å²) in [4.78, 5) is 13.4. The summed E-state index contributed by atoms with van der Waals surface area (Å²) in [6.45, 7) is 4.14. The van der Waals surface area contributed by atoms with Crippen LogP contribution in [-0.2, 0) is 4.79 Å². The van der Waals surface area contributed by atoms with Crippen LogP contribution >= 0.6 is 15.9 Å². The topological polar surface area (TPSA) is 41.6 Å². The van der Waals surface area contributed by atoms with Crippen molar-refractivity contribution in [1.82, 2.24) is 10.2 Å². The summed E-state index contributed by atoms with van der Waals surface area (Å²) in [6.07, 6.45) is 0. The minimum Gasteiger partial charge on any atom is -0.492 e. The van der Waals surface area contributed by atoms with Gasteiger partial charge in [-0.15, -0.1) is 0 Å². The molecule has 0 heterocycles. The minimum absolute atomic E-state index is 0.0967. The number of carbonyl (C=O) groups excluding carboxylic acids is 1. The van der Waals surface area contributed by atoms with Crippen LogP contribution in [0.4, 0.5) is 0 Å². The molecule has 5 heteroatoms. The number of ether oxygens (including phenoxy) is 1. The Morgan fingerprint density at radius 2 is 2.06 bits per heavy atom. The van der Waals surface area contributed by atoms with Gasteiger partial charge in [0.15, 0.2) is 0 Å². The van der Waals surface area contributed by atoms with Crippen molar-refractivity contribution >= 4 is 21.8 Å². The highest BCUT2D eigenvalue weighted by molar-refractivity contribution is 9.10. The highest BCUT2D eigenvalue weighted by Gasteiger charge is 2.09. The number of carbonyl (C=O) groups is 1. The molecule has 1 amide bonds. The average molecular weight is 315 g/mol. The highest BCUT2D eigenvalue weighted by atomic mass is 79.9. The molecule has 100 valence electrons. The van der Waals surface area contributed by atoms with Gasteiger partial charge in [-0.1, -0.05) is 15.9 Å². The fourth-order valence-electron chi connectivity index (χ4n) is 1.53. The van der Waals surface area contributed by atoms with E-state index in [-0.39, 0.29) is 5.91 Å². The van der Waals surface area contributed by atoms with Crippen LogP contribution in [0.1, 0.15) is 6.92 Å². The first-order valence-electron chi connectivity index (χ1n) is 5.98. The monoisotopic (exact) mass is 314 g/mol. The van der Waals surface area contributed by atoms with E-state index in [2.05, 4.69) is 21.2 Å². The highest BCUT2D eigenvalue weighted by Crippen LogP contribution is 2.15. The van der Waals surface area contributed by atoms with Crippen LogP contribution in [0.5, 0.6) is 5.75 Å². The minimum atomic E-state index is 0.0967. The third-order valence-corrected chi connectivity index (χ3v) is 3.03. The van der Waals surface area contributed by atoms with Gasteiger partial charge in [0.25, 0.3) is 0 Å². The van der Waals surface area contributed by atoms with Crippen molar-refractivity contribution in [3.05, 3.63) is 28.7 Å². The number of hydrogen-bond donors (Lipinski definition) is 1. The molecule has 0 aliphatic rings. The van der Waals surface area contributed by atoms with Gasteiger partial charge in [0.1, 0.15) is 12.4 Å². The normalized spacial score (nSPS) is 10.2. The van der Waals surface area contributed by atoms with Crippen molar-refractivity contribution in [2.45, 2.75) is 6.92 Å². The summed E-state index contributed by atoms with van der Waals surface area (Å²) in [5.74, 6) is 0.912. The summed E-state index contributed by atoms with van der Waals surface area (Å²) < 4.78 is 6.61. The summed E-state index contributed by atoms with van der Waals surface area (Å²) in [5, 5.41) is 2.86. The molecule has 0 unspecified atom stereocenters. The second kappa shape index (κ2) is 8.11. The van der Waals surface area contributed by atoms with Crippen molar-refractivity contribution in [3.8, 4) is 5.75 Å². The average Bonchev–Trinajstić information content (AvgIpc) is 2.37. The molecule has 1 aromatic carbocycles.